The monoisotopic (exact) mass is 220 g/mol. The average Bonchev–Trinajstić information content (AvgIpc) is 2.23. The minimum absolute atomic E-state index is 0.339. The molecule has 1 aromatic carbocycles. The highest BCUT2D eigenvalue weighted by Crippen LogP contribution is 2.19. The zero-order chi connectivity index (χ0) is 11.6. The van der Waals surface area contributed by atoms with Crippen molar-refractivity contribution in [1.82, 2.24) is 5.43 Å². The Balaban J connectivity index is 3.11. The van der Waals surface area contributed by atoms with Crippen LogP contribution < -0.4 is 22.1 Å². The number of hydrogen-bond acceptors (Lipinski definition) is 3. The summed E-state index contributed by atoms with van der Waals surface area (Å²) in [5.41, 5.74) is 1.27. The first-order chi connectivity index (χ1) is 6.97. The third-order valence-electron chi connectivity index (χ3n) is 1.59. The van der Waals surface area contributed by atoms with E-state index in [4.69, 9.17) is 11.7 Å². The highest BCUT2D eigenvalue weighted by molar-refractivity contribution is 5.90. The molecule has 0 atom stereocenters. The smallest absolute Gasteiger partial charge is 0.274 e. The summed E-state index contributed by atoms with van der Waals surface area (Å²) in [5.74, 6) is 5.31. The predicted octanol–water partition coefficient (Wildman–Crippen LogP) is 0.367. The second-order valence-electron chi connectivity index (χ2n) is 2.54. The molecule has 1 rings (SSSR count). The fourth-order valence-corrected chi connectivity index (χ4v) is 0.868. The Hall–Kier alpha value is -1.80. The van der Waals surface area contributed by atoms with Gasteiger partial charge in [0.15, 0.2) is 17.5 Å². The van der Waals surface area contributed by atoms with E-state index in [1.807, 2.05) is 0 Å². The molecule has 0 unspecified atom stereocenters. The van der Waals surface area contributed by atoms with Crippen molar-refractivity contribution >= 4 is 11.7 Å². The Bertz CT molecular complexity index is 375. The number of carbonyl (C=O) groups is 1. The summed E-state index contributed by atoms with van der Waals surface area (Å²) in [6.07, 6.45) is 0. The molecule has 0 spiro atoms. The summed E-state index contributed by atoms with van der Waals surface area (Å²) in [6, 6.07) is 0.127. The van der Waals surface area contributed by atoms with Crippen molar-refractivity contribution in [2.75, 3.05) is 5.01 Å². The number of amides is 2. The van der Waals surface area contributed by atoms with Crippen molar-refractivity contribution in [3.8, 4) is 0 Å². The van der Waals surface area contributed by atoms with Gasteiger partial charge in [-0.05, 0) is 0 Å². The first-order valence-corrected chi connectivity index (χ1v) is 3.67. The fourth-order valence-electron chi connectivity index (χ4n) is 0.868. The number of hydrogen-bond donors (Lipinski definition) is 3. The van der Waals surface area contributed by atoms with Crippen molar-refractivity contribution < 1.29 is 18.0 Å². The third-order valence-corrected chi connectivity index (χ3v) is 1.59. The van der Waals surface area contributed by atoms with E-state index in [0.717, 1.165) is 0 Å². The molecule has 0 fully saturated rings. The Labute approximate surface area is 82.4 Å². The van der Waals surface area contributed by atoms with Crippen molar-refractivity contribution in [3.63, 3.8) is 0 Å². The van der Waals surface area contributed by atoms with Gasteiger partial charge in [0.05, 0.1) is 5.69 Å². The highest BCUT2D eigenvalue weighted by atomic mass is 19.2. The summed E-state index contributed by atoms with van der Waals surface area (Å²) in [4.78, 5) is 10.8. The highest BCUT2D eigenvalue weighted by Gasteiger charge is 2.16. The number of urea groups is 1. The van der Waals surface area contributed by atoms with Crippen molar-refractivity contribution in [1.29, 1.82) is 0 Å². The van der Waals surface area contributed by atoms with Crippen LogP contribution in [0.2, 0.25) is 0 Å². The number of nitrogens with one attached hydrogen (secondary N) is 1. The lowest BCUT2D eigenvalue weighted by Gasteiger charge is -2.15. The molecule has 0 saturated carbocycles. The lowest BCUT2D eigenvalue weighted by Crippen LogP contribution is -2.47. The van der Waals surface area contributed by atoms with Gasteiger partial charge in [0.25, 0.3) is 0 Å². The van der Waals surface area contributed by atoms with Gasteiger partial charge in [-0.1, -0.05) is 0 Å². The Kier molecular flexibility index (Phi) is 3.12. The summed E-state index contributed by atoms with van der Waals surface area (Å²) >= 11 is 0. The normalized spacial score (nSPS) is 9.93. The van der Waals surface area contributed by atoms with Crippen molar-refractivity contribution in [2.45, 2.75) is 0 Å². The lowest BCUT2D eigenvalue weighted by molar-refractivity contribution is 0.246. The van der Waals surface area contributed by atoms with Gasteiger partial charge < -0.3 is 0 Å². The minimum Gasteiger partial charge on any atom is -0.274 e. The van der Waals surface area contributed by atoms with Gasteiger partial charge in [0.1, 0.15) is 0 Å². The maximum atomic E-state index is 12.7. The molecule has 82 valence electrons. The molecule has 0 saturated heterocycles. The number of halogens is 3. The van der Waals surface area contributed by atoms with Crippen LogP contribution >= 0.6 is 0 Å². The number of benzene rings is 1. The van der Waals surface area contributed by atoms with Gasteiger partial charge in [0, 0.05) is 12.1 Å². The van der Waals surface area contributed by atoms with Crippen LogP contribution in [0.1, 0.15) is 0 Å². The van der Waals surface area contributed by atoms with Crippen molar-refractivity contribution in [2.24, 2.45) is 11.7 Å². The molecule has 0 aliphatic carbocycles. The molecule has 0 heterocycles. The van der Waals surface area contributed by atoms with Gasteiger partial charge in [-0.2, -0.15) is 0 Å². The average molecular weight is 220 g/mol. The van der Waals surface area contributed by atoms with E-state index in [2.05, 4.69) is 0 Å². The van der Waals surface area contributed by atoms with Crippen LogP contribution in [0.3, 0.4) is 0 Å². The van der Waals surface area contributed by atoms with E-state index >= 15 is 0 Å². The van der Waals surface area contributed by atoms with E-state index in [0.29, 0.717) is 17.1 Å². The van der Waals surface area contributed by atoms with Crippen LogP contribution in [-0.2, 0) is 0 Å². The Morgan fingerprint density at radius 2 is 1.73 bits per heavy atom. The van der Waals surface area contributed by atoms with E-state index < -0.39 is 23.5 Å². The summed E-state index contributed by atoms with van der Waals surface area (Å²) < 4.78 is 37.9. The van der Waals surface area contributed by atoms with Gasteiger partial charge in [0.2, 0.25) is 0 Å². The molecule has 15 heavy (non-hydrogen) atoms. The van der Waals surface area contributed by atoms with Crippen LogP contribution in [0.5, 0.6) is 0 Å². The van der Waals surface area contributed by atoms with Crippen LogP contribution in [0.25, 0.3) is 0 Å². The molecule has 0 aromatic heterocycles. The predicted molar refractivity (Wildman–Crippen MR) is 45.7 cm³/mol. The molecular formula is C7H7F3N4O. The standard InChI is InChI=1S/C7H7F3N4O/c8-4-1-3(2-5(9)6(4)10)14(12)7(15)13-11/h1-2H,11-12H2,(H,13,15). The third kappa shape index (κ3) is 2.17. The maximum Gasteiger partial charge on any atom is 0.350 e. The maximum absolute atomic E-state index is 12.7. The Morgan fingerprint density at radius 3 is 2.13 bits per heavy atom. The quantitative estimate of drug-likeness (QED) is 0.276. The van der Waals surface area contributed by atoms with Crippen molar-refractivity contribution in [3.05, 3.63) is 29.6 Å². The fraction of sp³-hybridized carbons (Fsp3) is 0. The summed E-state index contributed by atoms with van der Waals surface area (Å²) in [7, 11) is 0. The number of rotatable bonds is 1. The topological polar surface area (TPSA) is 84.4 Å². The molecular weight excluding hydrogens is 213 g/mol. The van der Waals surface area contributed by atoms with Crippen LogP contribution in [0.15, 0.2) is 12.1 Å². The van der Waals surface area contributed by atoms with E-state index in [1.165, 1.54) is 0 Å². The van der Waals surface area contributed by atoms with Gasteiger partial charge in [-0.3, -0.25) is 5.43 Å². The van der Waals surface area contributed by atoms with Crippen LogP contribution in [-0.4, -0.2) is 6.03 Å². The zero-order valence-electron chi connectivity index (χ0n) is 7.30. The van der Waals surface area contributed by atoms with E-state index in [1.54, 1.807) is 5.43 Å². The SMILES string of the molecule is NNC(=O)N(N)c1cc(F)c(F)c(F)c1. The van der Waals surface area contributed by atoms with E-state index in [9.17, 15) is 18.0 Å². The molecule has 5 N–H and O–H groups in total. The second-order valence-corrected chi connectivity index (χ2v) is 2.54. The number of anilines is 1. The van der Waals surface area contributed by atoms with Gasteiger partial charge >= 0.3 is 6.03 Å². The molecule has 8 heteroatoms. The molecule has 0 aliphatic rings. The number of nitrogens with zero attached hydrogens (tertiary/aromatic N) is 1. The summed E-state index contributed by atoms with van der Waals surface area (Å²) in [6.45, 7) is 0. The second kappa shape index (κ2) is 4.15. The molecule has 5 nitrogen and oxygen atoms in total. The van der Waals surface area contributed by atoms with Crippen LogP contribution in [0.4, 0.5) is 23.7 Å². The van der Waals surface area contributed by atoms with Crippen LogP contribution in [0, 0.1) is 17.5 Å². The minimum atomic E-state index is -1.64. The number of nitrogens with two attached hydrogens (primary N) is 2. The molecule has 2 amide bonds. The number of carbonyl (C=O) groups excluding carboxylic acids is 1. The van der Waals surface area contributed by atoms with Gasteiger partial charge in [-0.25, -0.2) is 34.7 Å². The molecule has 0 aliphatic heterocycles. The molecule has 0 bridgehead atoms. The first-order valence-electron chi connectivity index (χ1n) is 3.67. The lowest BCUT2D eigenvalue weighted by atomic mass is 10.3. The number of hydrazine groups is 2. The zero-order valence-corrected chi connectivity index (χ0v) is 7.30. The van der Waals surface area contributed by atoms with E-state index in [-0.39, 0.29) is 5.69 Å². The van der Waals surface area contributed by atoms with Gasteiger partial charge in [-0.15, -0.1) is 0 Å². The first kappa shape index (κ1) is 11.3. The molecule has 1 aromatic rings. The summed E-state index contributed by atoms with van der Waals surface area (Å²) in [5, 5.41) is 0.339. The molecule has 0 radical (unpaired) electrons. The Morgan fingerprint density at radius 1 is 1.27 bits per heavy atom. The largest absolute Gasteiger partial charge is 0.350 e.